The van der Waals surface area contributed by atoms with E-state index in [1.54, 1.807) is 0 Å². The Labute approximate surface area is 90.4 Å². The second-order valence-electron chi connectivity index (χ2n) is 3.30. The summed E-state index contributed by atoms with van der Waals surface area (Å²) in [6.45, 7) is 3.11. The summed E-state index contributed by atoms with van der Waals surface area (Å²) in [6.07, 6.45) is 1.36. The quantitative estimate of drug-likeness (QED) is 0.805. The standard InChI is InChI=1S/C12H17NO2/c1-2-9-13-12(14)15-10-8-11-6-4-3-5-7-11/h3-7H,2,8-10H2,1H3,(H,13,14). The molecule has 0 bridgehead atoms. The van der Waals surface area contributed by atoms with Crippen LogP contribution in [0.3, 0.4) is 0 Å². The molecule has 82 valence electrons. The van der Waals surface area contributed by atoms with Crippen LogP contribution in [0.15, 0.2) is 30.3 Å². The monoisotopic (exact) mass is 207 g/mol. The molecule has 0 saturated heterocycles. The maximum atomic E-state index is 11.1. The molecule has 0 aromatic heterocycles. The summed E-state index contributed by atoms with van der Waals surface area (Å²) in [7, 11) is 0. The molecule has 0 radical (unpaired) electrons. The van der Waals surface area contributed by atoms with Crippen LogP contribution in [0, 0.1) is 0 Å². The van der Waals surface area contributed by atoms with Gasteiger partial charge in [-0.3, -0.25) is 0 Å². The lowest BCUT2D eigenvalue weighted by molar-refractivity contribution is 0.147. The fourth-order valence-corrected chi connectivity index (χ4v) is 1.18. The van der Waals surface area contributed by atoms with Crippen LogP contribution in [-0.2, 0) is 11.2 Å². The highest BCUT2D eigenvalue weighted by Gasteiger charge is 1.99. The van der Waals surface area contributed by atoms with Crippen LogP contribution in [0.2, 0.25) is 0 Å². The predicted molar refractivity (Wildman–Crippen MR) is 59.8 cm³/mol. The molecular formula is C12H17NO2. The van der Waals surface area contributed by atoms with Crippen molar-refractivity contribution in [3.05, 3.63) is 35.9 Å². The SMILES string of the molecule is CCCNC(=O)OCCc1ccccc1. The van der Waals surface area contributed by atoms with Crippen molar-refractivity contribution in [2.75, 3.05) is 13.2 Å². The van der Waals surface area contributed by atoms with Gasteiger partial charge in [-0.1, -0.05) is 37.3 Å². The summed E-state index contributed by atoms with van der Waals surface area (Å²) >= 11 is 0. The van der Waals surface area contributed by atoms with E-state index in [0.29, 0.717) is 13.2 Å². The molecule has 0 fully saturated rings. The fourth-order valence-electron chi connectivity index (χ4n) is 1.18. The molecule has 1 rings (SSSR count). The van der Waals surface area contributed by atoms with E-state index in [1.807, 2.05) is 37.3 Å². The van der Waals surface area contributed by atoms with Gasteiger partial charge in [0.1, 0.15) is 0 Å². The third kappa shape index (κ3) is 5.05. The first-order valence-corrected chi connectivity index (χ1v) is 5.27. The Hall–Kier alpha value is -1.51. The second kappa shape index (κ2) is 6.87. The van der Waals surface area contributed by atoms with Gasteiger partial charge in [-0.15, -0.1) is 0 Å². The Morgan fingerprint density at radius 3 is 2.73 bits per heavy atom. The molecule has 0 saturated carbocycles. The molecule has 15 heavy (non-hydrogen) atoms. The first-order chi connectivity index (χ1) is 7.33. The van der Waals surface area contributed by atoms with Crippen molar-refractivity contribution >= 4 is 6.09 Å². The number of rotatable bonds is 5. The zero-order chi connectivity index (χ0) is 10.9. The van der Waals surface area contributed by atoms with E-state index in [2.05, 4.69) is 5.32 Å². The molecule has 1 aromatic carbocycles. The largest absolute Gasteiger partial charge is 0.449 e. The van der Waals surface area contributed by atoms with E-state index >= 15 is 0 Å². The van der Waals surface area contributed by atoms with Gasteiger partial charge >= 0.3 is 6.09 Å². The van der Waals surface area contributed by atoms with Gasteiger partial charge < -0.3 is 10.1 Å². The predicted octanol–water partition coefficient (Wildman–Crippen LogP) is 2.37. The van der Waals surface area contributed by atoms with Gasteiger partial charge in [-0.25, -0.2) is 4.79 Å². The lowest BCUT2D eigenvalue weighted by atomic mass is 10.2. The van der Waals surface area contributed by atoms with Crippen molar-refractivity contribution in [1.82, 2.24) is 5.32 Å². The minimum absolute atomic E-state index is 0.326. The zero-order valence-electron chi connectivity index (χ0n) is 9.03. The van der Waals surface area contributed by atoms with Crippen molar-refractivity contribution in [2.24, 2.45) is 0 Å². The Balaban J connectivity index is 2.14. The normalized spacial score (nSPS) is 9.67. The number of amides is 1. The van der Waals surface area contributed by atoms with Crippen LogP contribution in [0.4, 0.5) is 4.79 Å². The van der Waals surface area contributed by atoms with Crippen LogP contribution < -0.4 is 5.32 Å². The summed E-state index contributed by atoms with van der Waals surface area (Å²) in [4.78, 5) is 11.1. The van der Waals surface area contributed by atoms with E-state index in [0.717, 1.165) is 12.8 Å². The van der Waals surface area contributed by atoms with Gasteiger partial charge in [0.25, 0.3) is 0 Å². The number of nitrogens with one attached hydrogen (secondary N) is 1. The van der Waals surface area contributed by atoms with Crippen molar-refractivity contribution in [3.8, 4) is 0 Å². The summed E-state index contributed by atoms with van der Waals surface area (Å²) in [5.74, 6) is 0. The zero-order valence-corrected chi connectivity index (χ0v) is 9.03. The number of hydrogen-bond acceptors (Lipinski definition) is 2. The molecule has 1 N–H and O–H groups in total. The molecule has 0 atom stereocenters. The molecule has 1 amide bonds. The summed E-state index contributed by atoms with van der Waals surface area (Å²) < 4.78 is 5.00. The van der Waals surface area contributed by atoms with Gasteiger partial charge in [-0.2, -0.15) is 0 Å². The molecule has 1 aromatic rings. The highest BCUT2D eigenvalue weighted by Crippen LogP contribution is 1.99. The molecular weight excluding hydrogens is 190 g/mol. The molecule has 0 aliphatic heterocycles. The Morgan fingerprint density at radius 1 is 1.33 bits per heavy atom. The van der Waals surface area contributed by atoms with Gasteiger partial charge in [-0.05, 0) is 12.0 Å². The van der Waals surface area contributed by atoms with E-state index in [9.17, 15) is 4.79 Å². The second-order valence-corrected chi connectivity index (χ2v) is 3.30. The van der Waals surface area contributed by atoms with Crippen molar-refractivity contribution in [3.63, 3.8) is 0 Å². The van der Waals surface area contributed by atoms with Gasteiger partial charge in [0.05, 0.1) is 6.61 Å². The Bertz CT molecular complexity index is 285. The lowest BCUT2D eigenvalue weighted by Gasteiger charge is -2.05. The lowest BCUT2D eigenvalue weighted by Crippen LogP contribution is -2.25. The maximum absolute atomic E-state index is 11.1. The van der Waals surface area contributed by atoms with Crippen LogP contribution in [0.25, 0.3) is 0 Å². The Morgan fingerprint density at radius 2 is 2.07 bits per heavy atom. The van der Waals surface area contributed by atoms with Crippen LogP contribution >= 0.6 is 0 Å². The summed E-state index contributed by atoms with van der Waals surface area (Å²) in [5, 5.41) is 2.66. The number of benzene rings is 1. The van der Waals surface area contributed by atoms with Gasteiger partial charge in [0.15, 0.2) is 0 Å². The van der Waals surface area contributed by atoms with E-state index < -0.39 is 0 Å². The third-order valence-corrected chi connectivity index (χ3v) is 1.99. The molecule has 0 unspecified atom stereocenters. The number of carbonyl (C=O) groups is 1. The minimum Gasteiger partial charge on any atom is -0.449 e. The van der Waals surface area contributed by atoms with Crippen molar-refractivity contribution in [1.29, 1.82) is 0 Å². The van der Waals surface area contributed by atoms with Crippen molar-refractivity contribution < 1.29 is 9.53 Å². The van der Waals surface area contributed by atoms with Crippen molar-refractivity contribution in [2.45, 2.75) is 19.8 Å². The molecule has 0 aliphatic carbocycles. The van der Waals surface area contributed by atoms with Gasteiger partial charge in [0, 0.05) is 13.0 Å². The summed E-state index contributed by atoms with van der Waals surface area (Å²) in [5.41, 5.74) is 1.18. The molecule has 0 spiro atoms. The fraction of sp³-hybridized carbons (Fsp3) is 0.417. The average Bonchev–Trinajstić information content (AvgIpc) is 2.28. The topological polar surface area (TPSA) is 38.3 Å². The number of alkyl carbamates (subject to hydrolysis) is 1. The summed E-state index contributed by atoms with van der Waals surface area (Å²) in [6, 6.07) is 9.97. The maximum Gasteiger partial charge on any atom is 0.407 e. The molecule has 3 heteroatoms. The molecule has 3 nitrogen and oxygen atoms in total. The van der Waals surface area contributed by atoms with Crippen LogP contribution in [0.1, 0.15) is 18.9 Å². The van der Waals surface area contributed by atoms with Gasteiger partial charge in [0.2, 0.25) is 0 Å². The number of hydrogen-bond donors (Lipinski definition) is 1. The first-order valence-electron chi connectivity index (χ1n) is 5.27. The molecule has 0 aliphatic rings. The number of carbonyl (C=O) groups excluding carboxylic acids is 1. The highest BCUT2D eigenvalue weighted by molar-refractivity contribution is 5.66. The van der Waals surface area contributed by atoms with E-state index in [1.165, 1.54) is 5.56 Å². The van der Waals surface area contributed by atoms with Crippen LogP contribution in [-0.4, -0.2) is 19.2 Å². The molecule has 0 heterocycles. The Kier molecular flexibility index (Phi) is 5.30. The first kappa shape index (κ1) is 11.6. The van der Waals surface area contributed by atoms with E-state index in [-0.39, 0.29) is 6.09 Å². The average molecular weight is 207 g/mol. The van der Waals surface area contributed by atoms with Crippen LogP contribution in [0.5, 0.6) is 0 Å². The minimum atomic E-state index is -0.326. The highest BCUT2D eigenvalue weighted by atomic mass is 16.5. The smallest absolute Gasteiger partial charge is 0.407 e. The van der Waals surface area contributed by atoms with E-state index in [4.69, 9.17) is 4.74 Å². The third-order valence-electron chi connectivity index (χ3n) is 1.99. The number of ether oxygens (including phenoxy) is 1.